The Hall–Kier alpha value is -1.35. The van der Waals surface area contributed by atoms with Crippen LogP contribution in [0, 0.1) is 0 Å². The Balaban J connectivity index is 1.27. The molecule has 0 saturated carbocycles. The lowest BCUT2D eigenvalue weighted by molar-refractivity contribution is 0.0371. The molecular formula is C27H32Cl3N3O3S. The normalized spacial score (nSPS) is 19.4. The second-order valence-electron chi connectivity index (χ2n) is 9.88. The number of rotatable bonds is 8. The highest BCUT2D eigenvalue weighted by Gasteiger charge is 2.33. The summed E-state index contributed by atoms with van der Waals surface area (Å²) >= 11 is 20.9. The molecule has 10 heteroatoms. The van der Waals surface area contributed by atoms with E-state index in [-0.39, 0.29) is 11.8 Å². The Morgan fingerprint density at radius 2 is 1.84 bits per heavy atom. The lowest BCUT2D eigenvalue weighted by Crippen LogP contribution is -2.61. The highest BCUT2D eigenvalue weighted by Crippen LogP contribution is 2.38. The summed E-state index contributed by atoms with van der Waals surface area (Å²) in [6.07, 6.45) is 0.908. The summed E-state index contributed by atoms with van der Waals surface area (Å²) in [5.41, 5.74) is 1.50. The maximum absolute atomic E-state index is 13.5. The molecule has 1 amide bonds. The fourth-order valence-corrected chi connectivity index (χ4v) is 6.71. The average Bonchev–Trinajstić information content (AvgIpc) is 2.88. The number of benzene rings is 2. The lowest BCUT2D eigenvalue weighted by Gasteiger charge is -2.47. The molecule has 1 unspecified atom stereocenters. The fourth-order valence-electron chi connectivity index (χ4n) is 5.26. The van der Waals surface area contributed by atoms with Gasteiger partial charge in [-0.1, -0.05) is 40.9 Å². The molecule has 200 valence electrons. The maximum Gasteiger partial charge on any atom is 0.257 e. The van der Waals surface area contributed by atoms with Gasteiger partial charge in [0, 0.05) is 74.3 Å². The number of carbonyl (C=O) groups is 1. The molecule has 0 aromatic heterocycles. The SMILES string of the molecule is CN(CC(CCN1CC(N2CCSCC2)C1)c1ccc(Cl)c(Cl)c1)C(=O)c1cc(Cl)cc2c1OCCO2. The molecule has 1 atom stereocenters. The number of halogens is 3. The van der Waals surface area contributed by atoms with Gasteiger partial charge in [0.2, 0.25) is 0 Å². The topological polar surface area (TPSA) is 45.2 Å². The molecule has 0 bridgehead atoms. The fraction of sp³-hybridized carbons (Fsp3) is 0.519. The summed E-state index contributed by atoms with van der Waals surface area (Å²) in [5.74, 6) is 3.40. The third-order valence-electron chi connectivity index (χ3n) is 7.39. The number of amides is 1. The minimum atomic E-state index is -0.152. The number of thioether (sulfide) groups is 1. The molecule has 2 aromatic rings. The largest absolute Gasteiger partial charge is 0.486 e. The second-order valence-corrected chi connectivity index (χ2v) is 12.4. The van der Waals surface area contributed by atoms with Crippen LogP contribution in [-0.2, 0) is 0 Å². The van der Waals surface area contributed by atoms with Crippen molar-refractivity contribution in [2.24, 2.45) is 0 Å². The van der Waals surface area contributed by atoms with E-state index in [2.05, 4.69) is 21.6 Å². The van der Waals surface area contributed by atoms with Gasteiger partial charge in [0.05, 0.1) is 15.6 Å². The van der Waals surface area contributed by atoms with Crippen LogP contribution in [0.5, 0.6) is 11.5 Å². The molecule has 3 heterocycles. The van der Waals surface area contributed by atoms with Crippen LogP contribution in [0.15, 0.2) is 30.3 Å². The quantitative estimate of drug-likeness (QED) is 0.414. The average molecular weight is 585 g/mol. The maximum atomic E-state index is 13.5. The van der Waals surface area contributed by atoms with E-state index in [1.165, 1.54) is 24.6 Å². The van der Waals surface area contributed by atoms with Gasteiger partial charge in [0.25, 0.3) is 5.91 Å². The third-order valence-corrected chi connectivity index (χ3v) is 9.29. The van der Waals surface area contributed by atoms with Crippen LogP contribution in [0.2, 0.25) is 15.1 Å². The monoisotopic (exact) mass is 583 g/mol. The molecular weight excluding hydrogens is 553 g/mol. The van der Waals surface area contributed by atoms with Gasteiger partial charge < -0.3 is 19.3 Å². The van der Waals surface area contributed by atoms with E-state index in [4.69, 9.17) is 44.3 Å². The second kappa shape index (κ2) is 12.2. The van der Waals surface area contributed by atoms with E-state index in [1.54, 1.807) is 17.0 Å². The first-order valence-corrected chi connectivity index (χ1v) is 15.0. The zero-order valence-corrected chi connectivity index (χ0v) is 24.0. The van der Waals surface area contributed by atoms with Gasteiger partial charge in [0.15, 0.2) is 11.5 Å². The summed E-state index contributed by atoms with van der Waals surface area (Å²) in [6, 6.07) is 9.79. The summed E-state index contributed by atoms with van der Waals surface area (Å²) < 4.78 is 11.5. The summed E-state index contributed by atoms with van der Waals surface area (Å²) in [6.45, 7) is 6.95. The van der Waals surface area contributed by atoms with Crippen molar-refractivity contribution in [3.8, 4) is 11.5 Å². The van der Waals surface area contributed by atoms with Gasteiger partial charge >= 0.3 is 0 Å². The van der Waals surface area contributed by atoms with Gasteiger partial charge in [-0.15, -0.1) is 0 Å². The van der Waals surface area contributed by atoms with Crippen molar-refractivity contribution >= 4 is 52.5 Å². The molecule has 3 aliphatic rings. The number of nitrogens with zero attached hydrogens (tertiary/aromatic N) is 3. The van der Waals surface area contributed by atoms with Crippen molar-refractivity contribution < 1.29 is 14.3 Å². The van der Waals surface area contributed by atoms with Crippen LogP contribution in [0.25, 0.3) is 0 Å². The zero-order valence-electron chi connectivity index (χ0n) is 20.9. The van der Waals surface area contributed by atoms with Crippen molar-refractivity contribution in [3.63, 3.8) is 0 Å². The number of hydrogen-bond acceptors (Lipinski definition) is 6. The minimum Gasteiger partial charge on any atom is -0.486 e. The van der Waals surface area contributed by atoms with Crippen molar-refractivity contribution in [1.29, 1.82) is 0 Å². The Morgan fingerprint density at radius 3 is 2.59 bits per heavy atom. The van der Waals surface area contributed by atoms with E-state index >= 15 is 0 Å². The molecule has 0 radical (unpaired) electrons. The standard InChI is InChI=1S/C27H32Cl3N3O3S/c1-31(27(34)22-13-20(28)14-25-26(22)36-9-8-35-25)15-19(18-2-3-23(29)24(30)12-18)4-5-32-16-21(17-32)33-6-10-37-11-7-33/h2-3,12-14,19,21H,4-11,15-17H2,1H3. The number of likely N-dealkylation sites (tertiary alicyclic amines) is 1. The van der Waals surface area contributed by atoms with E-state index in [1.807, 2.05) is 25.2 Å². The number of hydrogen-bond donors (Lipinski definition) is 0. The van der Waals surface area contributed by atoms with Crippen LogP contribution in [0.3, 0.4) is 0 Å². The molecule has 0 N–H and O–H groups in total. The third kappa shape index (κ3) is 6.45. The molecule has 2 saturated heterocycles. The van der Waals surface area contributed by atoms with Crippen LogP contribution in [0.4, 0.5) is 0 Å². The number of likely N-dealkylation sites (N-methyl/N-ethyl adjacent to an activating group) is 1. The highest BCUT2D eigenvalue weighted by molar-refractivity contribution is 7.99. The van der Waals surface area contributed by atoms with Gasteiger partial charge in [-0.05, 0) is 36.7 Å². The Bertz CT molecular complexity index is 1130. The van der Waals surface area contributed by atoms with E-state index < -0.39 is 0 Å². The number of carbonyl (C=O) groups excluding carboxylic acids is 1. The number of ether oxygens (including phenoxy) is 2. The molecule has 0 spiro atoms. The first kappa shape index (κ1) is 27.2. The zero-order chi connectivity index (χ0) is 25.9. The molecule has 2 aromatic carbocycles. The summed E-state index contributed by atoms with van der Waals surface area (Å²) in [7, 11) is 1.82. The summed E-state index contributed by atoms with van der Waals surface area (Å²) in [4.78, 5) is 20.4. The first-order chi connectivity index (χ1) is 17.9. The van der Waals surface area contributed by atoms with Crippen molar-refractivity contribution in [2.45, 2.75) is 18.4 Å². The number of fused-ring (bicyclic) bond motifs is 1. The van der Waals surface area contributed by atoms with Crippen LogP contribution >= 0.6 is 46.6 Å². The predicted molar refractivity (Wildman–Crippen MR) is 152 cm³/mol. The Morgan fingerprint density at radius 1 is 1.08 bits per heavy atom. The first-order valence-electron chi connectivity index (χ1n) is 12.7. The van der Waals surface area contributed by atoms with Gasteiger partial charge in [-0.3, -0.25) is 9.69 Å². The van der Waals surface area contributed by atoms with Gasteiger partial charge in [-0.25, -0.2) is 0 Å². The van der Waals surface area contributed by atoms with E-state index in [9.17, 15) is 4.79 Å². The van der Waals surface area contributed by atoms with Crippen LogP contribution in [-0.4, -0.2) is 97.7 Å². The highest BCUT2D eigenvalue weighted by atomic mass is 35.5. The van der Waals surface area contributed by atoms with Crippen LogP contribution in [0.1, 0.15) is 28.3 Å². The van der Waals surface area contributed by atoms with Crippen molar-refractivity contribution in [1.82, 2.24) is 14.7 Å². The minimum absolute atomic E-state index is 0.0985. The van der Waals surface area contributed by atoms with Gasteiger partial charge in [0.1, 0.15) is 13.2 Å². The van der Waals surface area contributed by atoms with Crippen molar-refractivity contribution in [2.75, 3.05) is 71.0 Å². The van der Waals surface area contributed by atoms with Gasteiger partial charge in [-0.2, -0.15) is 11.8 Å². The Labute approximate surface area is 238 Å². The van der Waals surface area contributed by atoms with Crippen molar-refractivity contribution in [3.05, 3.63) is 56.5 Å². The molecule has 3 aliphatic heterocycles. The molecule has 2 fully saturated rings. The smallest absolute Gasteiger partial charge is 0.257 e. The van der Waals surface area contributed by atoms with E-state index in [0.29, 0.717) is 57.9 Å². The molecule has 5 rings (SSSR count). The predicted octanol–water partition coefficient (Wildman–Crippen LogP) is 5.40. The van der Waals surface area contributed by atoms with E-state index in [0.717, 1.165) is 31.6 Å². The molecule has 6 nitrogen and oxygen atoms in total. The van der Waals surface area contributed by atoms with Crippen LogP contribution < -0.4 is 9.47 Å². The molecule has 0 aliphatic carbocycles. The lowest BCUT2D eigenvalue weighted by atomic mass is 9.93. The Kier molecular flexibility index (Phi) is 9.00. The summed E-state index contributed by atoms with van der Waals surface area (Å²) in [5, 5.41) is 1.50. The molecule has 37 heavy (non-hydrogen) atoms.